The molecule has 0 atom stereocenters. The molecule has 2 aromatic rings. The lowest BCUT2D eigenvalue weighted by molar-refractivity contribution is -0.137. The lowest BCUT2D eigenvalue weighted by Gasteiger charge is -2.09. The number of carbonyl (C=O) groups is 1. The summed E-state index contributed by atoms with van der Waals surface area (Å²) in [5.41, 5.74) is -0.00452. The van der Waals surface area contributed by atoms with Crippen LogP contribution in [0.25, 0.3) is 6.08 Å². The van der Waals surface area contributed by atoms with Gasteiger partial charge in [0.15, 0.2) is 0 Å². The predicted octanol–water partition coefficient (Wildman–Crippen LogP) is 5.15. The first-order valence-electron chi connectivity index (χ1n) is 6.51. The van der Waals surface area contributed by atoms with Gasteiger partial charge in [0.2, 0.25) is 0 Å². The molecule has 3 nitrogen and oxygen atoms in total. The van der Waals surface area contributed by atoms with Crippen LogP contribution in [0.15, 0.2) is 54.7 Å². The molecule has 7 heteroatoms. The van der Waals surface area contributed by atoms with Crippen LogP contribution in [0.1, 0.15) is 11.1 Å². The molecule has 0 radical (unpaired) electrons. The standard InChI is InChI=1S/C16H12ClF3N2O/c17-13-5-1-3-11(9-13)7-8-21-15(23)22-14-6-2-4-12(10-14)16(18,19)20/h1-10H,(H2,21,22,23)/b8-7+. The Kier molecular flexibility index (Phi) is 5.28. The van der Waals surface area contributed by atoms with Crippen LogP contribution in [0.5, 0.6) is 0 Å². The van der Waals surface area contributed by atoms with E-state index in [4.69, 9.17) is 11.6 Å². The SMILES string of the molecule is O=C(N/C=C/c1cccc(Cl)c1)Nc1cccc(C(F)(F)F)c1. The Balaban J connectivity index is 1.95. The first-order valence-corrected chi connectivity index (χ1v) is 6.89. The number of urea groups is 1. The van der Waals surface area contributed by atoms with E-state index in [1.165, 1.54) is 18.3 Å². The first-order chi connectivity index (χ1) is 10.8. The van der Waals surface area contributed by atoms with Crippen molar-refractivity contribution >= 4 is 29.4 Å². The zero-order chi connectivity index (χ0) is 16.9. The maximum absolute atomic E-state index is 12.6. The minimum Gasteiger partial charge on any atom is -0.314 e. The molecule has 0 aliphatic rings. The van der Waals surface area contributed by atoms with Gasteiger partial charge in [-0.05, 0) is 42.0 Å². The Morgan fingerprint density at radius 3 is 2.52 bits per heavy atom. The minimum atomic E-state index is -4.46. The first kappa shape index (κ1) is 16.9. The Bertz CT molecular complexity index is 729. The van der Waals surface area contributed by atoms with Gasteiger partial charge in [-0.15, -0.1) is 0 Å². The molecule has 0 fully saturated rings. The van der Waals surface area contributed by atoms with Crippen molar-refractivity contribution in [2.24, 2.45) is 0 Å². The lowest BCUT2D eigenvalue weighted by atomic mass is 10.2. The molecule has 2 aromatic carbocycles. The fourth-order valence-corrected chi connectivity index (χ4v) is 1.96. The molecular weight excluding hydrogens is 329 g/mol. The maximum Gasteiger partial charge on any atom is 0.416 e. The van der Waals surface area contributed by atoms with Gasteiger partial charge < -0.3 is 10.6 Å². The van der Waals surface area contributed by atoms with Gasteiger partial charge in [0, 0.05) is 16.9 Å². The fourth-order valence-electron chi connectivity index (χ4n) is 1.76. The van der Waals surface area contributed by atoms with Crippen molar-refractivity contribution in [3.63, 3.8) is 0 Å². The molecular formula is C16H12ClF3N2O. The predicted molar refractivity (Wildman–Crippen MR) is 84.1 cm³/mol. The third-order valence-corrected chi connectivity index (χ3v) is 3.02. The van der Waals surface area contributed by atoms with Crippen molar-refractivity contribution in [3.8, 4) is 0 Å². The second-order valence-corrected chi connectivity index (χ2v) is 5.00. The molecule has 0 aliphatic heterocycles. The molecule has 0 spiro atoms. The van der Waals surface area contributed by atoms with E-state index in [2.05, 4.69) is 10.6 Å². The van der Waals surface area contributed by atoms with Crippen LogP contribution in [-0.4, -0.2) is 6.03 Å². The highest BCUT2D eigenvalue weighted by Crippen LogP contribution is 2.30. The number of hydrogen-bond acceptors (Lipinski definition) is 1. The van der Waals surface area contributed by atoms with Crippen molar-refractivity contribution in [2.45, 2.75) is 6.18 Å². The number of anilines is 1. The van der Waals surface area contributed by atoms with Crippen LogP contribution in [-0.2, 0) is 6.18 Å². The number of benzene rings is 2. The van der Waals surface area contributed by atoms with Crippen LogP contribution < -0.4 is 10.6 Å². The second-order valence-electron chi connectivity index (χ2n) is 4.57. The molecule has 2 N–H and O–H groups in total. The highest BCUT2D eigenvalue weighted by molar-refractivity contribution is 6.30. The molecule has 23 heavy (non-hydrogen) atoms. The molecule has 0 aromatic heterocycles. The van der Waals surface area contributed by atoms with Gasteiger partial charge in [0.05, 0.1) is 5.56 Å². The van der Waals surface area contributed by atoms with E-state index in [1.807, 2.05) is 0 Å². The molecule has 0 aliphatic carbocycles. The summed E-state index contributed by atoms with van der Waals surface area (Å²) in [6.45, 7) is 0. The van der Waals surface area contributed by atoms with E-state index in [1.54, 1.807) is 30.3 Å². The van der Waals surface area contributed by atoms with Crippen LogP contribution in [0.2, 0.25) is 5.02 Å². The summed E-state index contributed by atoms with van der Waals surface area (Å²) in [4.78, 5) is 11.6. The largest absolute Gasteiger partial charge is 0.416 e. The summed E-state index contributed by atoms with van der Waals surface area (Å²) < 4.78 is 37.7. The summed E-state index contributed by atoms with van der Waals surface area (Å²) in [5, 5.41) is 5.28. The average Bonchev–Trinajstić information content (AvgIpc) is 2.46. The van der Waals surface area contributed by atoms with E-state index in [0.29, 0.717) is 5.02 Å². The monoisotopic (exact) mass is 340 g/mol. The zero-order valence-electron chi connectivity index (χ0n) is 11.7. The van der Waals surface area contributed by atoms with Crippen LogP contribution in [0.4, 0.5) is 23.7 Å². The molecule has 2 amide bonds. The van der Waals surface area contributed by atoms with Crippen molar-refractivity contribution in [1.29, 1.82) is 0 Å². The summed E-state index contributed by atoms with van der Waals surface area (Å²) in [6.07, 6.45) is -1.48. The quantitative estimate of drug-likeness (QED) is 0.797. The van der Waals surface area contributed by atoms with Crippen molar-refractivity contribution < 1.29 is 18.0 Å². The lowest BCUT2D eigenvalue weighted by Crippen LogP contribution is -2.23. The van der Waals surface area contributed by atoms with E-state index < -0.39 is 17.8 Å². The highest BCUT2D eigenvalue weighted by atomic mass is 35.5. The molecule has 120 valence electrons. The number of rotatable bonds is 3. The topological polar surface area (TPSA) is 41.1 Å². The third kappa shape index (κ3) is 5.34. The second kappa shape index (κ2) is 7.19. The number of hydrogen-bond donors (Lipinski definition) is 2. The Labute approximate surface area is 135 Å². The number of halogens is 4. The van der Waals surface area contributed by atoms with Gasteiger partial charge in [-0.3, -0.25) is 0 Å². The van der Waals surface area contributed by atoms with E-state index in [0.717, 1.165) is 17.7 Å². The van der Waals surface area contributed by atoms with Gasteiger partial charge in [-0.1, -0.05) is 29.8 Å². The molecule has 0 bridgehead atoms. The number of alkyl halides is 3. The zero-order valence-corrected chi connectivity index (χ0v) is 12.4. The van der Waals surface area contributed by atoms with Crippen molar-refractivity contribution in [1.82, 2.24) is 5.32 Å². The number of nitrogens with one attached hydrogen (secondary N) is 2. The Hall–Kier alpha value is -2.47. The highest BCUT2D eigenvalue weighted by Gasteiger charge is 2.30. The Morgan fingerprint density at radius 2 is 1.83 bits per heavy atom. The summed E-state index contributed by atoms with van der Waals surface area (Å²) in [6, 6.07) is 10.7. The van der Waals surface area contributed by atoms with Gasteiger partial charge >= 0.3 is 12.2 Å². The normalized spacial score (nSPS) is 11.5. The maximum atomic E-state index is 12.6. The number of amides is 2. The smallest absolute Gasteiger partial charge is 0.314 e. The van der Waals surface area contributed by atoms with Crippen LogP contribution >= 0.6 is 11.6 Å². The fraction of sp³-hybridized carbons (Fsp3) is 0.0625. The van der Waals surface area contributed by atoms with Gasteiger partial charge in [0.25, 0.3) is 0 Å². The van der Waals surface area contributed by atoms with Gasteiger partial charge in [-0.2, -0.15) is 13.2 Å². The van der Waals surface area contributed by atoms with Crippen LogP contribution in [0, 0.1) is 0 Å². The summed E-state index contributed by atoms with van der Waals surface area (Å²) in [7, 11) is 0. The molecule has 2 rings (SSSR count). The minimum absolute atomic E-state index is 0.0495. The van der Waals surface area contributed by atoms with Crippen LogP contribution in [0.3, 0.4) is 0 Å². The molecule has 0 unspecified atom stereocenters. The average molecular weight is 341 g/mol. The van der Waals surface area contributed by atoms with Crippen molar-refractivity contribution in [3.05, 3.63) is 70.9 Å². The van der Waals surface area contributed by atoms with E-state index >= 15 is 0 Å². The summed E-state index contributed by atoms with van der Waals surface area (Å²) >= 11 is 5.82. The van der Waals surface area contributed by atoms with Gasteiger partial charge in [-0.25, -0.2) is 4.79 Å². The van der Waals surface area contributed by atoms with Gasteiger partial charge in [0.1, 0.15) is 0 Å². The van der Waals surface area contributed by atoms with E-state index in [-0.39, 0.29) is 5.69 Å². The third-order valence-electron chi connectivity index (χ3n) is 2.79. The van der Waals surface area contributed by atoms with Crippen molar-refractivity contribution in [2.75, 3.05) is 5.32 Å². The number of carbonyl (C=O) groups excluding carboxylic acids is 1. The summed E-state index contributed by atoms with van der Waals surface area (Å²) in [5.74, 6) is 0. The molecule has 0 saturated heterocycles. The van der Waals surface area contributed by atoms with E-state index in [9.17, 15) is 18.0 Å². The molecule has 0 heterocycles. The Morgan fingerprint density at radius 1 is 1.09 bits per heavy atom. The molecule has 0 saturated carbocycles.